The van der Waals surface area contributed by atoms with Crippen molar-refractivity contribution < 1.29 is 19.0 Å². The van der Waals surface area contributed by atoms with Crippen LogP contribution in [0.25, 0.3) is 10.9 Å². The van der Waals surface area contributed by atoms with E-state index in [0.717, 1.165) is 16.7 Å². The molecule has 0 unspecified atom stereocenters. The largest absolute Gasteiger partial charge is 0.497 e. The topological polar surface area (TPSA) is 86.6 Å². The molecule has 0 fully saturated rings. The number of amides is 1. The van der Waals surface area contributed by atoms with Crippen molar-refractivity contribution in [2.45, 2.75) is 0 Å². The maximum Gasteiger partial charge on any atom is 0.411 e. The summed E-state index contributed by atoms with van der Waals surface area (Å²) in [6.45, 7) is 0. The Morgan fingerprint density at radius 1 is 1.05 bits per heavy atom. The second kappa shape index (κ2) is 5.69. The summed E-state index contributed by atoms with van der Waals surface area (Å²) in [5.74, 6) is 1.88. The number of nitrogens with one attached hydrogen (secondary N) is 1. The summed E-state index contributed by atoms with van der Waals surface area (Å²) >= 11 is 0. The highest BCUT2D eigenvalue weighted by Gasteiger charge is 2.16. The molecule has 6 heteroatoms. The van der Waals surface area contributed by atoms with Gasteiger partial charge in [-0.2, -0.15) is 0 Å². The fraction of sp³-hybridized carbons (Fsp3) is 0.0625. The van der Waals surface area contributed by atoms with E-state index in [1.807, 2.05) is 24.3 Å². The fourth-order valence-corrected chi connectivity index (χ4v) is 2.13. The highest BCUT2D eigenvalue weighted by Crippen LogP contribution is 2.39. The molecule has 2 aromatic carbocycles. The fourth-order valence-electron chi connectivity index (χ4n) is 2.13. The molecule has 0 radical (unpaired) electrons. The van der Waals surface area contributed by atoms with Gasteiger partial charge in [0.2, 0.25) is 5.88 Å². The number of para-hydroxylation sites is 1. The number of nitrogens with two attached hydrogens (primary N) is 1. The normalized spacial score (nSPS) is 10.4. The maximum atomic E-state index is 11.0. The molecule has 1 heterocycles. The van der Waals surface area contributed by atoms with E-state index in [1.54, 1.807) is 31.4 Å². The van der Waals surface area contributed by atoms with Gasteiger partial charge < -0.3 is 24.9 Å². The molecule has 1 aromatic heterocycles. The van der Waals surface area contributed by atoms with Crippen molar-refractivity contribution in [3.05, 3.63) is 48.5 Å². The van der Waals surface area contributed by atoms with Gasteiger partial charge in [-0.1, -0.05) is 12.1 Å². The van der Waals surface area contributed by atoms with Gasteiger partial charge in [-0.3, -0.25) is 0 Å². The van der Waals surface area contributed by atoms with Crippen molar-refractivity contribution in [3.63, 3.8) is 0 Å². The SMILES string of the molecule is COc1ccc(Oc2c(OC(N)=O)[nH]c3ccccc23)cc1. The van der Waals surface area contributed by atoms with Crippen LogP contribution >= 0.6 is 0 Å². The summed E-state index contributed by atoms with van der Waals surface area (Å²) in [5.41, 5.74) is 5.87. The van der Waals surface area contributed by atoms with E-state index < -0.39 is 6.09 Å². The van der Waals surface area contributed by atoms with E-state index in [9.17, 15) is 4.79 Å². The van der Waals surface area contributed by atoms with Crippen molar-refractivity contribution in [1.29, 1.82) is 0 Å². The molecule has 0 bridgehead atoms. The first-order chi connectivity index (χ1) is 10.7. The van der Waals surface area contributed by atoms with Crippen LogP contribution < -0.4 is 19.9 Å². The lowest BCUT2D eigenvalue weighted by atomic mass is 10.2. The highest BCUT2D eigenvalue weighted by molar-refractivity contribution is 5.90. The maximum absolute atomic E-state index is 11.0. The van der Waals surface area contributed by atoms with Crippen LogP contribution in [0.3, 0.4) is 0 Å². The molecule has 0 aliphatic heterocycles. The third-order valence-electron chi connectivity index (χ3n) is 3.11. The number of hydrogen-bond acceptors (Lipinski definition) is 4. The van der Waals surface area contributed by atoms with Gasteiger partial charge >= 0.3 is 6.09 Å². The van der Waals surface area contributed by atoms with Crippen molar-refractivity contribution in [1.82, 2.24) is 4.98 Å². The molecular formula is C16H14N2O4. The highest BCUT2D eigenvalue weighted by atomic mass is 16.6. The van der Waals surface area contributed by atoms with Gasteiger partial charge in [0, 0.05) is 5.39 Å². The van der Waals surface area contributed by atoms with E-state index in [1.165, 1.54) is 0 Å². The summed E-state index contributed by atoms with van der Waals surface area (Å²) < 4.78 is 15.9. The first-order valence-electron chi connectivity index (χ1n) is 6.57. The van der Waals surface area contributed by atoms with E-state index in [0.29, 0.717) is 11.5 Å². The van der Waals surface area contributed by atoms with E-state index in [-0.39, 0.29) is 5.88 Å². The average molecular weight is 298 g/mol. The third kappa shape index (κ3) is 2.67. The van der Waals surface area contributed by atoms with Crippen molar-refractivity contribution in [2.24, 2.45) is 5.73 Å². The molecule has 6 nitrogen and oxygen atoms in total. The monoisotopic (exact) mass is 298 g/mol. The summed E-state index contributed by atoms with van der Waals surface area (Å²) in [5, 5.41) is 0.787. The lowest BCUT2D eigenvalue weighted by Gasteiger charge is -2.07. The molecule has 112 valence electrons. The standard InChI is InChI=1S/C16H14N2O4/c1-20-10-6-8-11(9-7-10)21-14-12-4-2-3-5-13(12)18-15(14)22-16(17)19/h2-9,18H,1H3,(H2,17,19). The predicted octanol–water partition coefficient (Wildman–Crippen LogP) is 3.43. The van der Waals surface area contributed by atoms with Crippen LogP contribution in [0.15, 0.2) is 48.5 Å². The van der Waals surface area contributed by atoms with Gasteiger partial charge in [-0.15, -0.1) is 0 Å². The number of hydrogen-bond donors (Lipinski definition) is 2. The van der Waals surface area contributed by atoms with Crippen LogP contribution in [-0.2, 0) is 0 Å². The minimum Gasteiger partial charge on any atom is -0.497 e. The summed E-state index contributed by atoms with van der Waals surface area (Å²) in [6, 6.07) is 14.5. The quantitative estimate of drug-likeness (QED) is 0.772. The number of carbonyl (C=O) groups is 1. The molecule has 0 saturated carbocycles. The molecular weight excluding hydrogens is 284 g/mol. The molecule has 3 N–H and O–H groups in total. The van der Waals surface area contributed by atoms with Crippen molar-refractivity contribution in [3.8, 4) is 23.1 Å². The Balaban J connectivity index is 2.01. The first-order valence-corrected chi connectivity index (χ1v) is 6.57. The predicted molar refractivity (Wildman–Crippen MR) is 81.6 cm³/mol. The number of benzene rings is 2. The zero-order chi connectivity index (χ0) is 15.5. The number of aromatic nitrogens is 1. The number of rotatable bonds is 4. The molecule has 1 amide bonds. The number of aromatic amines is 1. The minimum absolute atomic E-state index is 0.171. The van der Waals surface area contributed by atoms with Gasteiger partial charge in [-0.05, 0) is 36.4 Å². The Morgan fingerprint density at radius 3 is 2.41 bits per heavy atom. The molecule has 0 spiro atoms. The first kappa shape index (κ1) is 13.8. The molecule has 3 aromatic rings. The lowest BCUT2D eigenvalue weighted by Crippen LogP contribution is -2.16. The van der Waals surface area contributed by atoms with Crippen LogP contribution in [0.2, 0.25) is 0 Å². The molecule has 0 aliphatic carbocycles. The Morgan fingerprint density at radius 2 is 1.73 bits per heavy atom. The van der Waals surface area contributed by atoms with Gasteiger partial charge in [0.25, 0.3) is 0 Å². The Bertz CT molecular complexity index is 809. The molecule has 22 heavy (non-hydrogen) atoms. The van der Waals surface area contributed by atoms with Crippen LogP contribution in [0, 0.1) is 0 Å². The van der Waals surface area contributed by atoms with Crippen molar-refractivity contribution in [2.75, 3.05) is 7.11 Å². The van der Waals surface area contributed by atoms with E-state index >= 15 is 0 Å². The number of primary amides is 1. The molecule has 0 atom stereocenters. The smallest absolute Gasteiger partial charge is 0.411 e. The Labute approximate surface area is 126 Å². The van der Waals surface area contributed by atoms with Crippen molar-refractivity contribution >= 4 is 17.0 Å². The zero-order valence-corrected chi connectivity index (χ0v) is 11.8. The summed E-state index contributed by atoms with van der Waals surface area (Å²) in [7, 11) is 1.59. The third-order valence-corrected chi connectivity index (χ3v) is 3.11. The molecule has 0 saturated heterocycles. The second-order valence-corrected chi connectivity index (χ2v) is 4.53. The van der Waals surface area contributed by atoms with Gasteiger partial charge in [0.1, 0.15) is 11.5 Å². The summed E-state index contributed by atoms with van der Waals surface area (Å²) in [4.78, 5) is 14.0. The van der Waals surface area contributed by atoms with Gasteiger partial charge in [0.05, 0.1) is 12.6 Å². The Hall–Kier alpha value is -3.15. The number of H-pyrrole nitrogens is 1. The summed E-state index contributed by atoms with van der Waals surface area (Å²) in [6.07, 6.45) is -0.911. The number of carbonyl (C=O) groups excluding carboxylic acids is 1. The molecule has 3 rings (SSSR count). The van der Waals surface area contributed by atoms with Crippen LogP contribution in [0.4, 0.5) is 4.79 Å². The number of methoxy groups -OCH3 is 1. The zero-order valence-electron chi connectivity index (χ0n) is 11.8. The lowest BCUT2D eigenvalue weighted by molar-refractivity contribution is 0.208. The second-order valence-electron chi connectivity index (χ2n) is 4.53. The average Bonchev–Trinajstić information content (AvgIpc) is 2.85. The van der Waals surface area contributed by atoms with Gasteiger partial charge in [-0.25, -0.2) is 4.79 Å². The molecule has 0 aliphatic rings. The van der Waals surface area contributed by atoms with Crippen LogP contribution in [0.5, 0.6) is 23.1 Å². The van der Waals surface area contributed by atoms with E-state index in [2.05, 4.69) is 4.98 Å². The van der Waals surface area contributed by atoms with E-state index in [4.69, 9.17) is 19.9 Å². The number of fused-ring (bicyclic) bond motifs is 1. The van der Waals surface area contributed by atoms with Gasteiger partial charge in [0.15, 0.2) is 5.75 Å². The van der Waals surface area contributed by atoms with Crippen LogP contribution in [0.1, 0.15) is 0 Å². The minimum atomic E-state index is -0.911. The number of ether oxygens (including phenoxy) is 3. The Kier molecular flexibility index (Phi) is 3.57. The van der Waals surface area contributed by atoms with Crippen LogP contribution in [-0.4, -0.2) is 18.2 Å².